The molecule has 1 aromatic rings. The molecule has 3 heteroatoms. The molecule has 1 aromatic heterocycles. The fourth-order valence-corrected chi connectivity index (χ4v) is 0.832. The normalized spacial score (nSPS) is 12.2. The molecule has 0 saturated heterocycles. The summed E-state index contributed by atoms with van der Waals surface area (Å²) in [5.41, 5.74) is 6.23. The van der Waals surface area contributed by atoms with Crippen molar-refractivity contribution >= 4 is 5.57 Å². The molecule has 12 heavy (non-hydrogen) atoms. The van der Waals surface area contributed by atoms with Crippen molar-refractivity contribution in [3.63, 3.8) is 0 Å². The van der Waals surface area contributed by atoms with Gasteiger partial charge in [0.1, 0.15) is 0 Å². The van der Waals surface area contributed by atoms with Crippen LogP contribution in [0, 0.1) is 0 Å². The van der Waals surface area contributed by atoms with Crippen LogP contribution in [0.2, 0.25) is 0 Å². The lowest BCUT2D eigenvalue weighted by Crippen LogP contribution is -1.93. The first-order valence-corrected chi connectivity index (χ1v) is 3.70. The average Bonchev–Trinajstić information content (AvgIpc) is 2.15. The Morgan fingerprint density at radius 3 is 2.58 bits per heavy atom. The van der Waals surface area contributed by atoms with E-state index in [1.54, 1.807) is 18.5 Å². The van der Waals surface area contributed by atoms with E-state index in [1.807, 2.05) is 19.1 Å². The molecule has 0 spiro atoms. The van der Waals surface area contributed by atoms with Gasteiger partial charge in [0.2, 0.25) is 0 Å². The van der Waals surface area contributed by atoms with Gasteiger partial charge in [-0.2, -0.15) is 0 Å². The molecule has 0 saturated carbocycles. The number of nitrogens with two attached hydrogens (primary N) is 1. The highest BCUT2D eigenvalue weighted by Gasteiger charge is 1.96. The Morgan fingerprint density at radius 2 is 2.08 bits per heavy atom. The second-order valence-electron chi connectivity index (χ2n) is 2.19. The highest BCUT2D eigenvalue weighted by molar-refractivity contribution is 5.68. The maximum Gasteiger partial charge on any atom is 0.160 e. The Labute approximate surface area is 71.7 Å². The first-order valence-electron chi connectivity index (χ1n) is 3.70. The largest absolute Gasteiger partial charge is 0.404 e. The van der Waals surface area contributed by atoms with E-state index in [2.05, 4.69) is 9.97 Å². The summed E-state index contributed by atoms with van der Waals surface area (Å²) in [6.07, 6.45) is 8.64. The Balaban J connectivity index is 2.97. The lowest BCUT2D eigenvalue weighted by Gasteiger charge is -1.96. The van der Waals surface area contributed by atoms with Gasteiger partial charge in [-0.15, -0.1) is 0 Å². The van der Waals surface area contributed by atoms with E-state index in [4.69, 9.17) is 5.73 Å². The number of rotatable bonds is 2. The molecule has 1 heterocycles. The van der Waals surface area contributed by atoms with E-state index >= 15 is 0 Å². The summed E-state index contributed by atoms with van der Waals surface area (Å²) in [6, 6.07) is 1.77. The smallest absolute Gasteiger partial charge is 0.160 e. The first kappa shape index (κ1) is 8.46. The Bertz CT molecular complexity index is 288. The fraction of sp³-hybridized carbons (Fsp3) is 0.111. The van der Waals surface area contributed by atoms with Gasteiger partial charge in [0.05, 0.1) is 0 Å². The van der Waals surface area contributed by atoms with E-state index < -0.39 is 0 Å². The van der Waals surface area contributed by atoms with Crippen LogP contribution in [0.25, 0.3) is 5.57 Å². The van der Waals surface area contributed by atoms with Gasteiger partial charge in [-0.1, -0.05) is 12.2 Å². The minimum Gasteiger partial charge on any atom is -0.404 e. The minimum absolute atomic E-state index is 0.651. The van der Waals surface area contributed by atoms with Gasteiger partial charge in [-0.3, -0.25) is 0 Å². The highest BCUT2D eigenvalue weighted by atomic mass is 14.9. The molecule has 0 radical (unpaired) electrons. The molecule has 0 aromatic carbocycles. The standard InChI is InChI=1S/C9H11N3/c1-2-4-8(7-10)9-11-5-3-6-12-9/h2-7H,10H2,1H3/b4-2-,8-7+. The number of hydrogen-bond acceptors (Lipinski definition) is 3. The zero-order valence-corrected chi connectivity index (χ0v) is 6.94. The third-order valence-electron chi connectivity index (χ3n) is 1.35. The summed E-state index contributed by atoms with van der Waals surface area (Å²) < 4.78 is 0. The molecule has 0 aliphatic carbocycles. The van der Waals surface area contributed by atoms with Gasteiger partial charge in [-0.05, 0) is 13.0 Å². The number of allylic oxidation sites excluding steroid dienone is 3. The molecule has 0 aliphatic heterocycles. The quantitative estimate of drug-likeness (QED) is 0.666. The van der Waals surface area contributed by atoms with Gasteiger partial charge in [-0.25, -0.2) is 9.97 Å². The average molecular weight is 161 g/mol. The monoisotopic (exact) mass is 161 g/mol. The molecule has 0 bridgehead atoms. The molecular formula is C9H11N3. The maximum atomic E-state index is 5.40. The summed E-state index contributed by atoms with van der Waals surface area (Å²) in [6.45, 7) is 1.92. The summed E-state index contributed by atoms with van der Waals surface area (Å²) in [5, 5.41) is 0. The topological polar surface area (TPSA) is 51.8 Å². The maximum absolute atomic E-state index is 5.40. The van der Waals surface area contributed by atoms with Crippen molar-refractivity contribution in [3.8, 4) is 0 Å². The molecular weight excluding hydrogens is 150 g/mol. The lowest BCUT2D eigenvalue weighted by atomic mass is 10.2. The summed E-state index contributed by atoms with van der Waals surface area (Å²) in [7, 11) is 0. The minimum atomic E-state index is 0.651. The van der Waals surface area contributed by atoms with E-state index in [1.165, 1.54) is 6.20 Å². The van der Waals surface area contributed by atoms with Crippen LogP contribution >= 0.6 is 0 Å². The Hall–Kier alpha value is -1.64. The molecule has 3 nitrogen and oxygen atoms in total. The van der Waals surface area contributed by atoms with Crippen LogP contribution in [-0.4, -0.2) is 9.97 Å². The van der Waals surface area contributed by atoms with Crippen molar-refractivity contribution < 1.29 is 0 Å². The van der Waals surface area contributed by atoms with Crippen LogP contribution in [0.3, 0.4) is 0 Å². The van der Waals surface area contributed by atoms with Crippen LogP contribution < -0.4 is 5.73 Å². The van der Waals surface area contributed by atoms with Gasteiger partial charge in [0, 0.05) is 24.2 Å². The second kappa shape index (κ2) is 4.28. The third-order valence-corrected chi connectivity index (χ3v) is 1.35. The van der Waals surface area contributed by atoms with Crippen molar-refractivity contribution in [2.45, 2.75) is 6.92 Å². The van der Waals surface area contributed by atoms with Crippen molar-refractivity contribution in [1.29, 1.82) is 0 Å². The molecule has 0 aliphatic rings. The molecule has 62 valence electrons. The Morgan fingerprint density at radius 1 is 1.42 bits per heavy atom. The zero-order chi connectivity index (χ0) is 8.81. The summed E-state index contributed by atoms with van der Waals surface area (Å²) in [5.74, 6) is 0.651. The van der Waals surface area contributed by atoms with Crippen LogP contribution in [0.5, 0.6) is 0 Å². The summed E-state index contributed by atoms with van der Waals surface area (Å²) >= 11 is 0. The fourth-order valence-electron chi connectivity index (χ4n) is 0.832. The molecule has 0 unspecified atom stereocenters. The molecule has 0 atom stereocenters. The number of hydrogen-bond donors (Lipinski definition) is 1. The molecule has 2 N–H and O–H groups in total. The van der Waals surface area contributed by atoms with Gasteiger partial charge in [0.25, 0.3) is 0 Å². The number of nitrogens with zero attached hydrogens (tertiary/aromatic N) is 2. The lowest BCUT2D eigenvalue weighted by molar-refractivity contribution is 1.12. The van der Waals surface area contributed by atoms with Crippen molar-refractivity contribution in [2.24, 2.45) is 5.73 Å². The molecule has 0 amide bonds. The van der Waals surface area contributed by atoms with Crippen molar-refractivity contribution in [3.05, 3.63) is 42.6 Å². The third kappa shape index (κ3) is 1.92. The second-order valence-corrected chi connectivity index (χ2v) is 2.19. The molecule has 1 rings (SSSR count). The molecule has 0 fully saturated rings. The van der Waals surface area contributed by atoms with E-state index in [0.717, 1.165) is 5.57 Å². The van der Waals surface area contributed by atoms with Crippen molar-refractivity contribution in [1.82, 2.24) is 9.97 Å². The van der Waals surface area contributed by atoms with Crippen LogP contribution in [0.4, 0.5) is 0 Å². The van der Waals surface area contributed by atoms with Crippen LogP contribution in [0.15, 0.2) is 36.8 Å². The van der Waals surface area contributed by atoms with Gasteiger partial charge >= 0.3 is 0 Å². The predicted octanol–water partition coefficient (Wildman–Crippen LogP) is 1.35. The van der Waals surface area contributed by atoms with Gasteiger partial charge in [0.15, 0.2) is 5.82 Å². The highest BCUT2D eigenvalue weighted by Crippen LogP contribution is 2.07. The predicted molar refractivity (Wildman–Crippen MR) is 49.0 cm³/mol. The zero-order valence-electron chi connectivity index (χ0n) is 6.94. The SMILES string of the molecule is C/C=C\C(=C/N)c1ncccn1. The van der Waals surface area contributed by atoms with Crippen molar-refractivity contribution in [2.75, 3.05) is 0 Å². The number of aromatic nitrogens is 2. The van der Waals surface area contributed by atoms with E-state index in [0.29, 0.717) is 5.82 Å². The van der Waals surface area contributed by atoms with E-state index in [-0.39, 0.29) is 0 Å². The summed E-state index contributed by atoms with van der Waals surface area (Å²) in [4.78, 5) is 8.12. The van der Waals surface area contributed by atoms with E-state index in [9.17, 15) is 0 Å². The van der Waals surface area contributed by atoms with Crippen LogP contribution in [0.1, 0.15) is 12.7 Å². The van der Waals surface area contributed by atoms with Crippen LogP contribution in [-0.2, 0) is 0 Å². The first-order chi connectivity index (χ1) is 5.88. The Kier molecular flexibility index (Phi) is 3.02. The van der Waals surface area contributed by atoms with Gasteiger partial charge < -0.3 is 5.73 Å².